The molecule has 2 amide bonds. The predicted molar refractivity (Wildman–Crippen MR) is 214 cm³/mol. The van der Waals surface area contributed by atoms with Crippen molar-refractivity contribution in [1.29, 1.82) is 0 Å². The summed E-state index contributed by atoms with van der Waals surface area (Å²) in [5.74, 6) is -5.57. The van der Waals surface area contributed by atoms with Gasteiger partial charge >= 0.3 is 23.9 Å². The van der Waals surface area contributed by atoms with E-state index in [4.69, 9.17) is 10.5 Å². The molecule has 0 saturated carbocycles. The summed E-state index contributed by atoms with van der Waals surface area (Å²) in [6, 6.07) is 3.97. The highest BCUT2D eigenvalue weighted by Gasteiger charge is 2.40. The molecular formula is C37H50N12O12. The number of rotatable bonds is 22. The van der Waals surface area contributed by atoms with Crippen molar-refractivity contribution in [3.63, 3.8) is 0 Å². The number of fused-ring (bicyclic) bond motifs is 1. The van der Waals surface area contributed by atoms with E-state index in [-0.39, 0.29) is 93.5 Å². The lowest BCUT2D eigenvalue weighted by molar-refractivity contribution is -0.144. The minimum absolute atomic E-state index is 0.0339. The van der Waals surface area contributed by atoms with Gasteiger partial charge in [-0.2, -0.15) is 4.98 Å². The number of anilines is 2. The molecule has 330 valence electrons. The van der Waals surface area contributed by atoms with Gasteiger partial charge in [0.1, 0.15) is 18.3 Å². The molecule has 3 aromatic rings. The molecule has 4 atom stereocenters. The first kappa shape index (κ1) is 45.7. The average Bonchev–Trinajstić information content (AvgIpc) is 3.95. The fourth-order valence-electron chi connectivity index (χ4n) is 6.76. The average molecular weight is 855 g/mol. The van der Waals surface area contributed by atoms with Crippen molar-refractivity contribution < 1.29 is 53.9 Å². The quantitative estimate of drug-likeness (QED) is 0.0373. The van der Waals surface area contributed by atoms with Crippen molar-refractivity contribution in [2.75, 3.05) is 76.5 Å². The Kier molecular flexibility index (Phi) is 16.3. The number of hydrogen-bond acceptors (Lipinski definition) is 17. The lowest BCUT2D eigenvalue weighted by atomic mass is 10.1. The molecule has 0 spiro atoms. The van der Waals surface area contributed by atoms with E-state index in [2.05, 4.69) is 41.2 Å². The van der Waals surface area contributed by atoms with Gasteiger partial charge in [-0.3, -0.25) is 53.8 Å². The van der Waals surface area contributed by atoms with E-state index < -0.39 is 53.3 Å². The van der Waals surface area contributed by atoms with Gasteiger partial charge in [0.15, 0.2) is 11.2 Å². The summed E-state index contributed by atoms with van der Waals surface area (Å²) in [5, 5.41) is 49.7. The smallest absolute Gasteiger partial charge is 0.326 e. The van der Waals surface area contributed by atoms with Crippen molar-refractivity contribution in [2.24, 2.45) is 0 Å². The SMILES string of the molecule is Nc1nc2ncc(CNc3ccc(C(=O)NC(CCC(=O)NCCNC4OC4CCC(C(=O)O)N4CCN(CC(=O)O)CCN(CC(=O)O)CC4)C(=O)O)cc3)nc2c(=O)[nH]1. The van der Waals surface area contributed by atoms with Crippen molar-refractivity contribution >= 4 is 58.5 Å². The van der Waals surface area contributed by atoms with E-state index in [0.717, 1.165) is 0 Å². The highest BCUT2D eigenvalue weighted by molar-refractivity contribution is 5.97. The van der Waals surface area contributed by atoms with E-state index in [1.54, 1.807) is 26.8 Å². The number of carboxylic acid groups (broad SMARTS) is 4. The Morgan fingerprint density at radius 3 is 2.15 bits per heavy atom. The van der Waals surface area contributed by atoms with Crippen LogP contribution in [0.4, 0.5) is 11.6 Å². The maximum absolute atomic E-state index is 12.9. The Morgan fingerprint density at radius 2 is 1.52 bits per heavy atom. The molecule has 2 saturated heterocycles. The fraction of sp³-hybridized carbons (Fsp3) is 0.514. The van der Waals surface area contributed by atoms with E-state index >= 15 is 0 Å². The molecule has 0 radical (unpaired) electrons. The van der Waals surface area contributed by atoms with Crippen LogP contribution < -0.4 is 32.6 Å². The Balaban J connectivity index is 0.988. The second-order valence-electron chi connectivity index (χ2n) is 14.5. The minimum atomic E-state index is -1.33. The third kappa shape index (κ3) is 14.4. The molecule has 2 aliphatic heterocycles. The number of ether oxygens (including phenoxy) is 1. The zero-order chi connectivity index (χ0) is 44.1. The number of carbonyl (C=O) groups excluding carboxylic acids is 2. The van der Waals surface area contributed by atoms with Gasteiger partial charge in [-0.25, -0.2) is 14.8 Å². The summed E-state index contributed by atoms with van der Waals surface area (Å²) in [7, 11) is 0. The fourth-order valence-corrected chi connectivity index (χ4v) is 6.76. The van der Waals surface area contributed by atoms with Crippen LogP contribution in [0.2, 0.25) is 0 Å². The number of carboxylic acids is 4. The molecule has 2 aromatic heterocycles. The van der Waals surface area contributed by atoms with Crippen LogP contribution >= 0.6 is 0 Å². The number of nitrogens with two attached hydrogens (primary N) is 1. The van der Waals surface area contributed by atoms with Crippen LogP contribution in [0.25, 0.3) is 11.2 Å². The number of nitrogens with zero attached hydrogens (tertiary/aromatic N) is 6. The molecular weight excluding hydrogens is 804 g/mol. The number of H-pyrrole nitrogens is 1. The van der Waals surface area contributed by atoms with Crippen LogP contribution in [0.5, 0.6) is 0 Å². The number of nitrogens with one attached hydrogen (secondary N) is 5. The molecule has 4 unspecified atom stereocenters. The minimum Gasteiger partial charge on any atom is -0.480 e. The molecule has 11 N–H and O–H groups in total. The number of aliphatic carboxylic acids is 4. The summed E-state index contributed by atoms with van der Waals surface area (Å²) < 4.78 is 5.65. The Labute approximate surface area is 347 Å². The van der Waals surface area contributed by atoms with Gasteiger partial charge in [0, 0.05) is 70.0 Å². The van der Waals surface area contributed by atoms with Crippen molar-refractivity contribution in [3.05, 3.63) is 52.1 Å². The molecule has 0 bridgehead atoms. The maximum atomic E-state index is 12.9. The number of benzene rings is 1. The third-order valence-electron chi connectivity index (χ3n) is 10.1. The summed E-state index contributed by atoms with van der Waals surface area (Å²) in [4.78, 5) is 104. The highest BCUT2D eigenvalue weighted by atomic mass is 16.6. The standard InChI is InChI=1S/C37H50N12O12/c38-37-45-31-30(33(56)46-37)43-23(18-42-31)17-41-22-3-1-21(2-4-22)32(55)44-24(35(57)58)5-8-27(50)39-9-10-40-34-26(61-34)7-6-25(36(59)60)49-15-13-47(19-28(51)52)11-12-48(14-16-49)20-29(53)54/h1-4,18,24-26,34,40-41H,5-17,19-20H2,(H,39,50)(H,44,55)(H,51,52)(H,53,54)(H,57,58)(H,59,60)(H3,38,42,45,46,56). The first-order valence-electron chi connectivity index (χ1n) is 19.5. The predicted octanol–water partition coefficient (Wildman–Crippen LogP) is -2.38. The van der Waals surface area contributed by atoms with Crippen molar-refractivity contribution in [2.45, 2.75) is 56.6 Å². The van der Waals surface area contributed by atoms with E-state index in [9.17, 15) is 54.0 Å². The zero-order valence-corrected chi connectivity index (χ0v) is 33.1. The number of epoxide rings is 1. The number of carbonyl (C=O) groups is 6. The van der Waals surface area contributed by atoms with E-state index in [1.807, 2.05) is 0 Å². The van der Waals surface area contributed by atoms with Gasteiger partial charge in [0.2, 0.25) is 11.9 Å². The second kappa shape index (κ2) is 21.8. The van der Waals surface area contributed by atoms with Crippen LogP contribution in [0.15, 0.2) is 35.3 Å². The summed E-state index contributed by atoms with van der Waals surface area (Å²) in [5.41, 5.74) is 6.40. The van der Waals surface area contributed by atoms with E-state index in [0.29, 0.717) is 50.5 Å². The molecule has 1 aromatic carbocycles. The lowest BCUT2D eigenvalue weighted by Crippen LogP contribution is -2.47. The maximum Gasteiger partial charge on any atom is 0.326 e. The second-order valence-corrected chi connectivity index (χ2v) is 14.5. The van der Waals surface area contributed by atoms with Gasteiger partial charge in [0.05, 0.1) is 37.6 Å². The molecule has 0 aliphatic carbocycles. The zero-order valence-electron chi connectivity index (χ0n) is 33.1. The van der Waals surface area contributed by atoms with Crippen LogP contribution in [0, 0.1) is 0 Å². The number of amides is 2. The molecule has 5 rings (SSSR count). The molecule has 2 aliphatic rings. The number of nitrogen functional groups attached to an aromatic ring is 1. The van der Waals surface area contributed by atoms with Gasteiger partial charge in [-0.05, 0) is 43.5 Å². The Morgan fingerprint density at radius 1 is 0.869 bits per heavy atom. The van der Waals surface area contributed by atoms with Crippen LogP contribution in [0.1, 0.15) is 41.7 Å². The number of aromatic amines is 1. The molecule has 24 heteroatoms. The molecule has 61 heavy (non-hydrogen) atoms. The Hall–Kier alpha value is -6.34. The van der Waals surface area contributed by atoms with Gasteiger partial charge < -0.3 is 46.8 Å². The van der Waals surface area contributed by atoms with Crippen molar-refractivity contribution in [3.8, 4) is 0 Å². The number of hydrogen-bond donors (Lipinski definition) is 10. The highest BCUT2D eigenvalue weighted by Crippen LogP contribution is 2.26. The first-order valence-corrected chi connectivity index (χ1v) is 19.5. The van der Waals surface area contributed by atoms with Gasteiger partial charge in [-0.1, -0.05) is 0 Å². The van der Waals surface area contributed by atoms with Crippen molar-refractivity contribution in [1.82, 2.24) is 50.6 Å². The molecule has 24 nitrogen and oxygen atoms in total. The normalized spacial score (nSPS) is 18.5. The lowest BCUT2D eigenvalue weighted by Gasteiger charge is -2.30. The van der Waals surface area contributed by atoms with Gasteiger partial charge in [0.25, 0.3) is 11.5 Å². The van der Waals surface area contributed by atoms with Crippen LogP contribution in [-0.4, -0.2) is 181 Å². The summed E-state index contributed by atoms with van der Waals surface area (Å²) >= 11 is 0. The monoisotopic (exact) mass is 854 g/mol. The van der Waals surface area contributed by atoms with Crippen LogP contribution in [0.3, 0.4) is 0 Å². The van der Waals surface area contributed by atoms with Crippen LogP contribution in [-0.2, 0) is 35.3 Å². The first-order chi connectivity index (χ1) is 29.1. The number of aromatic nitrogens is 4. The van der Waals surface area contributed by atoms with E-state index in [1.165, 1.54) is 18.3 Å². The topological polar surface area (TPSA) is 351 Å². The summed E-state index contributed by atoms with van der Waals surface area (Å²) in [6.07, 6.45) is 1.11. The largest absolute Gasteiger partial charge is 0.480 e. The summed E-state index contributed by atoms with van der Waals surface area (Å²) in [6.45, 7) is 2.07. The molecule has 4 heterocycles. The third-order valence-corrected chi connectivity index (χ3v) is 10.1. The van der Waals surface area contributed by atoms with Gasteiger partial charge in [-0.15, -0.1) is 0 Å². The molecule has 2 fully saturated rings. The Bertz CT molecular complexity index is 2080.